The predicted molar refractivity (Wildman–Crippen MR) is 68.2 cm³/mol. The fourth-order valence-electron chi connectivity index (χ4n) is 1.53. The van der Waals surface area contributed by atoms with Crippen LogP contribution >= 0.6 is 0 Å². The van der Waals surface area contributed by atoms with Gasteiger partial charge in [0, 0.05) is 12.7 Å². The number of phenolic OH excluding ortho intramolecular Hbond substituents is 1. The van der Waals surface area contributed by atoms with Gasteiger partial charge in [0.15, 0.2) is 0 Å². The summed E-state index contributed by atoms with van der Waals surface area (Å²) in [5.74, 6) is -0.170. The van der Waals surface area contributed by atoms with E-state index >= 15 is 0 Å². The minimum absolute atomic E-state index is 0.156. The van der Waals surface area contributed by atoms with Gasteiger partial charge in [-0.05, 0) is 29.8 Å². The van der Waals surface area contributed by atoms with Crippen LogP contribution in [0.2, 0.25) is 0 Å². The average Bonchev–Trinajstić information content (AvgIpc) is 2.45. The molecular formula is C14H11N3O2. The van der Waals surface area contributed by atoms with Crippen molar-refractivity contribution in [2.45, 2.75) is 6.54 Å². The molecule has 1 amide bonds. The van der Waals surface area contributed by atoms with Gasteiger partial charge < -0.3 is 10.4 Å². The van der Waals surface area contributed by atoms with Crippen molar-refractivity contribution in [3.63, 3.8) is 0 Å². The highest BCUT2D eigenvalue weighted by molar-refractivity contribution is 5.92. The zero-order chi connectivity index (χ0) is 13.7. The zero-order valence-corrected chi connectivity index (χ0v) is 10.00. The number of phenols is 1. The van der Waals surface area contributed by atoms with E-state index in [1.165, 1.54) is 18.3 Å². The molecule has 0 saturated carbocycles. The molecule has 0 saturated heterocycles. The number of nitriles is 1. The molecule has 0 aliphatic rings. The van der Waals surface area contributed by atoms with Crippen LogP contribution in [0, 0.1) is 11.3 Å². The Morgan fingerprint density at radius 3 is 2.84 bits per heavy atom. The first kappa shape index (κ1) is 12.6. The van der Waals surface area contributed by atoms with E-state index in [-0.39, 0.29) is 17.4 Å². The highest BCUT2D eigenvalue weighted by Crippen LogP contribution is 2.10. The fraction of sp³-hybridized carbons (Fsp3) is 0.0714. The Bertz CT molecular complexity index is 630. The lowest BCUT2D eigenvalue weighted by Gasteiger charge is -2.05. The molecule has 0 bridgehead atoms. The van der Waals surface area contributed by atoms with Gasteiger partial charge in [-0.25, -0.2) is 4.98 Å². The van der Waals surface area contributed by atoms with Crippen LogP contribution in [-0.4, -0.2) is 16.0 Å². The number of nitrogens with zero attached hydrogens (tertiary/aromatic N) is 2. The number of carbonyl (C=O) groups excluding carboxylic acids is 1. The lowest BCUT2D eigenvalue weighted by Crippen LogP contribution is -2.23. The summed E-state index contributed by atoms with van der Waals surface area (Å²) in [5.41, 5.74) is 1.45. The number of carbonyl (C=O) groups is 1. The molecule has 19 heavy (non-hydrogen) atoms. The largest absolute Gasteiger partial charge is 0.508 e. The molecule has 2 rings (SSSR count). The van der Waals surface area contributed by atoms with Crippen LogP contribution in [0.25, 0.3) is 0 Å². The highest BCUT2D eigenvalue weighted by Gasteiger charge is 2.06. The molecule has 94 valence electrons. The van der Waals surface area contributed by atoms with Gasteiger partial charge in [-0.15, -0.1) is 0 Å². The molecule has 2 aromatic rings. The van der Waals surface area contributed by atoms with Crippen molar-refractivity contribution in [1.82, 2.24) is 10.3 Å². The Labute approximate surface area is 110 Å². The topological polar surface area (TPSA) is 86.0 Å². The number of hydrogen-bond acceptors (Lipinski definition) is 4. The van der Waals surface area contributed by atoms with Crippen LogP contribution in [0.1, 0.15) is 21.6 Å². The van der Waals surface area contributed by atoms with Crippen molar-refractivity contribution in [3.8, 4) is 11.8 Å². The van der Waals surface area contributed by atoms with Crippen molar-refractivity contribution in [3.05, 3.63) is 59.4 Å². The summed E-state index contributed by atoms with van der Waals surface area (Å²) in [6, 6.07) is 11.6. The maximum absolute atomic E-state index is 11.8. The van der Waals surface area contributed by atoms with Gasteiger partial charge in [-0.3, -0.25) is 4.79 Å². The van der Waals surface area contributed by atoms with Crippen LogP contribution in [-0.2, 0) is 6.54 Å². The van der Waals surface area contributed by atoms with Crippen LogP contribution in [0.4, 0.5) is 0 Å². The second-order valence-electron chi connectivity index (χ2n) is 3.90. The highest BCUT2D eigenvalue weighted by atomic mass is 16.3. The summed E-state index contributed by atoms with van der Waals surface area (Å²) in [5, 5.41) is 20.6. The van der Waals surface area contributed by atoms with Crippen molar-refractivity contribution in [1.29, 1.82) is 5.26 Å². The molecule has 1 aromatic heterocycles. The maximum Gasteiger partial charge on any atom is 0.270 e. The number of aromatic hydroxyl groups is 1. The Balaban J connectivity index is 1.99. The summed E-state index contributed by atoms with van der Waals surface area (Å²) in [4.78, 5) is 15.7. The molecule has 0 unspecified atom stereocenters. The lowest BCUT2D eigenvalue weighted by atomic mass is 10.2. The summed E-state index contributed by atoms with van der Waals surface area (Å²) in [6.45, 7) is 0.301. The first-order valence-corrected chi connectivity index (χ1v) is 5.61. The van der Waals surface area contributed by atoms with Gasteiger partial charge in [0.25, 0.3) is 5.91 Å². The summed E-state index contributed by atoms with van der Waals surface area (Å²) in [7, 11) is 0. The summed E-state index contributed by atoms with van der Waals surface area (Å²) >= 11 is 0. The van der Waals surface area contributed by atoms with Crippen LogP contribution in [0.5, 0.6) is 5.75 Å². The quantitative estimate of drug-likeness (QED) is 0.869. The predicted octanol–water partition coefficient (Wildman–Crippen LogP) is 1.59. The van der Waals surface area contributed by atoms with E-state index in [9.17, 15) is 9.90 Å². The normalized spacial score (nSPS) is 9.63. The number of nitrogens with one attached hydrogen (secondary N) is 1. The monoisotopic (exact) mass is 253 g/mol. The van der Waals surface area contributed by atoms with E-state index < -0.39 is 0 Å². The number of amides is 1. The van der Waals surface area contributed by atoms with Gasteiger partial charge in [0.05, 0.1) is 5.56 Å². The Hall–Kier alpha value is -2.87. The number of benzene rings is 1. The maximum atomic E-state index is 11.8. The molecule has 5 heteroatoms. The Kier molecular flexibility index (Phi) is 3.74. The molecular weight excluding hydrogens is 242 g/mol. The van der Waals surface area contributed by atoms with E-state index in [1.807, 2.05) is 6.07 Å². The van der Waals surface area contributed by atoms with Crippen LogP contribution in [0.15, 0.2) is 42.6 Å². The van der Waals surface area contributed by atoms with Crippen molar-refractivity contribution >= 4 is 5.91 Å². The molecule has 0 fully saturated rings. The Morgan fingerprint density at radius 1 is 1.37 bits per heavy atom. The van der Waals surface area contributed by atoms with Crippen LogP contribution < -0.4 is 5.32 Å². The van der Waals surface area contributed by atoms with Gasteiger partial charge in [0.2, 0.25) is 0 Å². The van der Waals surface area contributed by atoms with Crippen molar-refractivity contribution in [2.24, 2.45) is 0 Å². The molecule has 0 atom stereocenters. The van der Waals surface area contributed by atoms with Crippen molar-refractivity contribution < 1.29 is 9.90 Å². The van der Waals surface area contributed by atoms with Crippen molar-refractivity contribution in [2.75, 3.05) is 0 Å². The van der Waals surface area contributed by atoms with E-state index in [0.717, 1.165) is 5.56 Å². The number of hydrogen-bond donors (Lipinski definition) is 2. The number of rotatable bonds is 3. The van der Waals surface area contributed by atoms with Gasteiger partial charge >= 0.3 is 0 Å². The van der Waals surface area contributed by atoms with Gasteiger partial charge in [0.1, 0.15) is 17.5 Å². The molecule has 2 N–H and O–H groups in total. The molecule has 0 aliphatic carbocycles. The fourth-order valence-corrected chi connectivity index (χ4v) is 1.53. The third kappa shape index (κ3) is 3.30. The molecule has 0 spiro atoms. The molecule has 1 heterocycles. The van der Waals surface area contributed by atoms with Gasteiger partial charge in [-0.1, -0.05) is 12.1 Å². The minimum atomic E-state index is -0.326. The molecule has 5 nitrogen and oxygen atoms in total. The summed E-state index contributed by atoms with van der Waals surface area (Å²) in [6.07, 6.45) is 1.35. The van der Waals surface area contributed by atoms with E-state index in [2.05, 4.69) is 10.3 Å². The molecule has 0 aliphatic heterocycles. The molecule has 1 aromatic carbocycles. The summed E-state index contributed by atoms with van der Waals surface area (Å²) < 4.78 is 0. The minimum Gasteiger partial charge on any atom is -0.508 e. The Morgan fingerprint density at radius 2 is 2.21 bits per heavy atom. The average molecular weight is 253 g/mol. The van der Waals surface area contributed by atoms with E-state index in [4.69, 9.17) is 5.26 Å². The van der Waals surface area contributed by atoms with E-state index in [0.29, 0.717) is 12.1 Å². The third-order valence-electron chi connectivity index (χ3n) is 2.49. The standard InChI is InChI=1S/C14H11N3O2/c15-7-11-4-5-13(16-9-11)14(19)17-8-10-2-1-3-12(18)6-10/h1-6,9,18H,8H2,(H,17,19). The second-order valence-corrected chi connectivity index (χ2v) is 3.90. The molecule has 0 radical (unpaired) electrons. The number of pyridine rings is 1. The first-order valence-electron chi connectivity index (χ1n) is 5.61. The SMILES string of the molecule is N#Cc1ccc(C(=O)NCc2cccc(O)c2)nc1. The smallest absolute Gasteiger partial charge is 0.270 e. The second kappa shape index (κ2) is 5.65. The van der Waals surface area contributed by atoms with E-state index in [1.54, 1.807) is 24.3 Å². The lowest BCUT2D eigenvalue weighted by molar-refractivity contribution is 0.0946. The van der Waals surface area contributed by atoms with Gasteiger partial charge in [-0.2, -0.15) is 5.26 Å². The number of aromatic nitrogens is 1. The first-order chi connectivity index (χ1) is 9.19. The third-order valence-corrected chi connectivity index (χ3v) is 2.49. The van der Waals surface area contributed by atoms with Crippen LogP contribution in [0.3, 0.4) is 0 Å². The zero-order valence-electron chi connectivity index (χ0n) is 10.00.